The second kappa shape index (κ2) is 4.74. The lowest BCUT2D eigenvalue weighted by Gasteiger charge is -2.27. The van der Waals surface area contributed by atoms with Crippen LogP contribution in [0.5, 0.6) is 0 Å². The van der Waals surface area contributed by atoms with E-state index in [-0.39, 0.29) is 0 Å². The van der Waals surface area contributed by atoms with E-state index in [1.165, 1.54) is 14.2 Å². The monoisotopic (exact) mass is 274 g/mol. The Morgan fingerprint density at radius 2 is 1.87 bits per heavy atom. The van der Waals surface area contributed by atoms with Crippen LogP contribution in [0.25, 0.3) is 0 Å². The Morgan fingerprint density at radius 3 is 2.27 bits per heavy atom. The molecule has 0 radical (unpaired) electrons. The summed E-state index contributed by atoms with van der Waals surface area (Å²) in [4.78, 5) is 11.2. The Balaban J connectivity index is 3.33. The maximum Gasteiger partial charge on any atom is 0.369 e. The third kappa shape index (κ3) is 2.04. The third-order valence-corrected chi connectivity index (χ3v) is 2.78. The summed E-state index contributed by atoms with van der Waals surface area (Å²) in [7, 11) is 2.58. The molecule has 0 unspecified atom stereocenters. The summed E-state index contributed by atoms with van der Waals surface area (Å²) in [6.45, 7) is 0. The fourth-order valence-electron chi connectivity index (χ4n) is 1.32. The predicted molar refractivity (Wildman–Crippen MR) is 57.5 cm³/mol. The second-order valence-electron chi connectivity index (χ2n) is 2.81. The van der Waals surface area contributed by atoms with Crippen molar-refractivity contribution in [3.63, 3.8) is 0 Å². The highest BCUT2D eigenvalue weighted by Crippen LogP contribution is 2.32. The lowest BCUT2D eigenvalue weighted by molar-refractivity contribution is -0.231. The van der Waals surface area contributed by atoms with Crippen molar-refractivity contribution in [3.05, 3.63) is 34.3 Å². The van der Waals surface area contributed by atoms with E-state index in [9.17, 15) is 4.79 Å². The molecular formula is C10H11BrO4. The smallest absolute Gasteiger partial charge is 0.369 e. The molecule has 0 atom stereocenters. The number of benzene rings is 1. The number of carbonyl (C=O) groups is 1. The summed E-state index contributed by atoms with van der Waals surface area (Å²) < 4.78 is 10.5. The Kier molecular flexibility index (Phi) is 3.84. The number of halogens is 1. The van der Waals surface area contributed by atoms with E-state index in [1.54, 1.807) is 24.3 Å². The summed E-state index contributed by atoms with van der Waals surface area (Å²) in [6, 6.07) is 6.86. The molecule has 0 spiro atoms. The maximum absolute atomic E-state index is 11.2. The number of rotatable bonds is 4. The summed E-state index contributed by atoms with van der Waals surface area (Å²) >= 11 is 3.26. The predicted octanol–water partition coefficient (Wildman–Crippen LogP) is 1.98. The van der Waals surface area contributed by atoms with Gasteiger partial charge < -0.3 is 14.6 Å². The normalized spacial score (nSPS) is 11.4. The van der Waals surface area contributed by atoms with Gasteiger partial charge in [0.1, 0.15) is 0 Å². The van der Waals surface area contributed by atoms with Crippen LogP contribution in [-0.4, -0.2) is 25.3 Å². The van der Waals surface area contributed by atoms with Crippen molar-refractivity contribution in [2.24, 2.45) is 0 Å². The Labute approximate surface area is 95.9 Å². The molecule has 15 heavy (non-hydrogen) atoms. The van der Waals surface area contributed by atoms with Crippen LogP contribution in [0.4, 0.5) is 0 Å². The van der Waals surface area contributed by atoms with Gasteiger partial charge >= 0.3 is 5.97 Å². The quantitative estimate of drug-likeness (QED) is 0.854. The number of methoxy groups -OCH3 is 2. The Bertz CT molecular complexity index is 360. The SMILES string of the molecule is COC(OC)(C(=O)O)c1ccccc1Br. The molecule has 1 aromatic carbocycles. The average molecular weight is 275 g/mol. The molecule has 1 N–H and O–H groups in total. The average Bonchev–Trinajstić information content (AvgIpc) is 2.22. The lowest BCUT2D eigenvalue weighted by atomic mass is 10.1. The first-order valence-electron chi connectivity index (χ1n) is 4.17. The molecule has 0 heterocycles. The lowest BCUT2D eigenvalue weighted by Crippen LogP contribution is -2.40. The van der Waals surface area contributed by atoms with Gasteiger partial charge in [0.05, 0.1) is 0 Å². The molecule has 0 saturated carbocycles. The van der Waals surface area contributed by atoms with Crippen molar-refractivity contribution in [2.45, 2.75) is 5.79 Å². The van der Waals surface area contributed by atoms with Gasteiger partial charge in [0, 0.05) is 24.3 Å². The molecule has 0 aliphatic heterocycles. The van der Waals surface area contributed by atoms with Gasteiger partial charge in [0.25, 0.3) is 5.79 Å². The summed E-state index contributed by atoms with van der Waals surface area (Å²) in [5, 5.41) is 9.13. The molecule has 4 nitrogen and oxygen atoms in total. The maximum atomic E-state index is 11.2. The van der Waals surface area contributed by atoms with Crippen LogP contribution in [0.2, 0.25) is 0 Å². The van der Waals surface area contributed by atoms with E-state index < -0.39 is 11.8 Å². The fraction of sp³-hybridized carbons (Fsp3) is 0.300. The zero-order chi connectivity index (χ0) is 11.5. The molecule has 0 aliphatic carbocycles. The van der Waals surface area contributed by atoms with Gasteiger partial charge in [-0.1, -0.05) is 34.1 Å². The number of carboxylic acids is 1. The van der Waals surface area contributed by atoms with Gasteiger partial charge in [-0.2, -0.15) is 0 Å². The molecule has 1 aromatic rings. The van der Waals surface area contributed by atoms with Crippen molar-refractivity contribution in [1.29, 1.82) is 0 Å². The van der Waals surface area contributed by atoms with Crippen LogP contribution in [0.1, 0.15) is 5.56 Å². The van der Waals surface area contributed by atoms with E-state index in [1.807, 2.05) is 0 Å². The number of carboxylic acid groups (broad SMARTS) is 1. The van der Waals surface area contributed by atoms with Crippen molar-refractivity contribution in [2.75, 3.05) is 14.2 Å². The van der Waals surface area contributed by atoms with E-state index in [2.05, 4.69) is 15.9 Å². The zero-order valence-corrected chi connectivity index (χ0v) is 9.95. The molecule has 0 aliphatic rings. The molecule has 0 fully saturated rings. The Morgan fingerprint density at radius 1 is 1.33 bits per heavy atom. The van der Waals surface area contributed by atoms with Crippen LogP contribution in [0.3, 0.4) is 0 Å². The molecule has 0 saturated heterocycles. The summed E-state index contributed by atoms with van der Waals surface area (Å²) in [6.07, 6.45) is 0. The van der Waals surface area contributed by atoms with Crippen LogP contribution in [0, 0.1) is 0 Å². The van der Waals surface area contributed by atoms with Crippen LogP contribution in [0.15, 0.2) is 28.7 Å². The van der Waals surface area contributed by atoms with Crippen molar-refractivity contribution >= 4 is 21.9 Å². The molecule has 5 heteroatoms. The van der Waals surface area contributed by atoms with Gasteiger partial charge in [-0.15, -0.1) is 0 Å². The molecule has 0 amide bonds. The topological polar surface area (TPSA) is 55.8 Å². The van der Waals surface area contributed by atoms with Crippen molar-refractivity contribution in [3.8, 4) is 0 Å². The number of hydrogen-bond acceptors (Lipinski definition) is 3. The van der Waals surface area contributed by atoms with Gasteiger partial charge in [-0.25, -0.2) is 4.79 Å². The molecule has 0 bridgehead atoms. The minimum atomic E-state index is -1.76. The highest BCUT2D eigenvalue weighted by molar-refractivity contribution is 9.10. The van der Waals surface area contributed by atoms with Gasteiger partial charge in [0.15, 0.2) is 0 Å². The highest BCUT2D eigenvalue weighted by Gasteiger charge is 2.42. The minimum absolute atomic E-state index is 0.419. The first kappa shape index (κ1) is 12.2. The summed E-state index contributed by atoms with van der Waals surface area (Å²) in [5.41, 5.74) is 0.419. The van der Waals surface area contributed by atoms with Gasteiger partial charge in [-0.3, -0.25) is 0 Å². The van der Waals surface area contributed by atoms with Gasteiger partial charge in [-0.05, 0) is 6.07 Å². The standard InChI is InChI=1S/C10H11BrO4/c1-14-10(15-2,9(12)13)7-5-3-4-6-8(7)11/h3-6H,1-2H3,(H,12,13). The van der Waals surface area contributed by atoms with Crippen molar-refractivity contribution in [1.82, 2.24) is 0 Å². The van der Waals surface area contributed by atoms with Crippen LogP contribution < -0.4 is 0 Å². The van der Waals surface area contributed by atoms with Gasteiger partial charge in [0.2, 0.25) is 0 Å². The molecule has 82 valence electrons. The zero-order valence-electron chi connectivity index (χ0n) is 8.36. The van der Waals surface area contributed by atoms with E-state index in [4.69, 9.17) is 14.6 Å². The van der Waals surface area contributed by atoms with E-state index in [0.717, 1.165) is 0 Å². The molecule has 0 aromatic heterocycles. The molecule has 1 rings (SSSR count). The number of hydrogen-bond donors (Lipinski definition) is 1. The third-order valence-electron chi connectivity index (χ3n) is 2.08. The Hall–Kier alpha value is -0.910. The minimum Gasteiger partial charge on any atom is -0.477 e. The molecular weight excluding hydrogens is 264 g/mol. The second-order valence-corrected chi connectivity index (χ2v) is 3.66. The first-order chi connectivity index (χ1) is 7.08. The van der Waals surface area contributed by atoms with E-state index in [0.29, 0.717) is 10.0 Å². The van der Waals surface area contributed by atoms with Crippen LogP contribution >= 0.6 is 15.9 Å². The van der Waals surface area contributed by atoms with Crippen molar-refractivity contribution < 1.29 is 19.4 Å². The summed E-state index contributed by atoms with van der Waals surface area (Å²) in [5.74, 6) is -2.96. The van der Waals surface area contributed by atoms with E-state index >= 15 is 0 Å². The number of ether oxygens (including phenoxy) is 2. The number of aliphatic carboxylic acids is 1. The highest BCUT2D eigenvalue weighted by atomic mass is 79.9. The fourth-order valence-corrected chi connectivity index (χ4v) is 1.87. The largest absolute Gasteiger partial charge is 0.477 e. The van der Waals surface area contributed by atoms with Crippen LogP contribution in [-0.2, 0) is 20.1 Å². The first-order valence-corrected chi connectivity index (χ1v) is 4.96.